The molecule has 0 N–H and O–H groups in total. The first-order valence-electron chi connectivity index (χ1n) is 8.46. The van der Waals surface area contributed by atoms with Gasteiger partial charge >= 0.3 is 0 Å². The predicted molar refractivity (Wildman–Crippen MR) is 90.9 cm³/mol. The van der Waals surface area contributed by atoms with Gasteiger partial charge in [0, 0.05) is 12.5 Å². The van der Waals surface area contributed by atoms with Crippen LogP contribution in [0.2, 0.25) is 0 Å². The summed E-state index contributed by atoms with van der Waals surface area (Å²) >= 11 is 0. The summed E-state index contributed by atoms with van der Waals surface area (Å²) in [6.45, 7) is 3.21. The zero-order chi connectivity index (χ0) is 16.5. The quantitative estimate of drug-likeness (QED) is 0.863. The molecule has 4 rings (SSSR count). The molecule has 24 heavy (non-hydrogen) atoms. The Labute approximate surface area is 142 Å². The Morgan fingerprint density at radius 2 is 1.92 bits per heavy atom. The van der Waals surface area contributed by atoms with Crippen molar-refractivity contribution in [3.63, 3.8) is 0 Å². The Morgan fingerprint density at radius 1 is 1.12 bits per heavy atom. The summed E-state index contributed by atoms with van der Waals surface area (Å²) in [6.07, 6.45) is 1.66. The molecule has 0 spiro atoms. The van der Waals surface area contributed by atoms with Crippen molar-refractivity contribution in [1.82, 2.24) is 4.90 Å². The van der Waals surface area contributed by atoms with E-state index in [0.717, 1.165) is 36.4 Å². The molecular weight excluding hydrogens is 302 g/mol. The topological polar surface area (TPSA) is 38.8 Å². The first kappa shape index (κ1) is 15.1. The summed E-state index contributed by atoms with van der Waals surface area (Å²) in [5.74, 6) is 1.88. The first-order valence-corrected chi connectivity index (χ1v) is 8.46. The smallest absolute Gasteiger partial charge is 0.231 e. The van der Waals surface area contributed by atoms with E-state index >= 15 is 0 Å². The minimum atomic E-state index is 0.0523. The maximum absolute atomic E-state index is 12.8. The summed E-state index contributed by atoms with van der Waals surface area (Å²) in [4.78, 5) is 14.8. The lowest BCUT2D eigenvalue weighted by molar-refractivity contribution is -0.132. The number of hydrogen-bond donors (Lipinski definition) is 0. The highest BCUT2D eigenvalue weighted by molar-refractivity contribution is 5.81. The number of carbonyl (C=O) groups is 1. The van der Waals surface area contributed by atoms with E-state index in [9.17, 15) is 4.79 Å². The van der Waals surface area contributed by atoms with Gasteiger partial charge in [-0.15, -0.1) is 0 Å². The van der Waals surface area contributed by atoms with Crippen LogP contribution in [0.1, 0.15) is 30.5 Å². The molecule has 2 atom stereocenters. The van der Waals surface area contributed by atoms with Crippen molar-refractivity contribution < 1.29 is 14.3 Å². The van der Waals surface area contributed by atoms with Crippen molar-refractivity contribution in [3.05, 3.63) is 59.7 Å². The minimum absolute atomic E-state index is 0.0523. The van der Waals surface area contributed by atoms with Gasteiger partial charge in [-0.1, -0.05) is 36.4 Å². The van der Waals surface area contributed by atoms with Crippen LogP contribution in [0.15, 0.2) is 48.5 Å². The molecule has 2 aromatic carbocycles. The van der Waals surface area contributed by atoms with Gasteiger partial charge in [0.2, 0.25) is 12.7 Å². The molecule has 1 saturated heterocycles. The van der Waals surface area contributed by atoms with Crippen molar-refractivity contribution in [3.8, 4) is 11.5 Å². The summed E-state index contributed by atoms with van der Waals surface area (Å²) in [5.41, 5.74) is 2.32. The molecule has 1 amide bonds. The zero-order valence-corrected chi connectivity index (χ0v) is 13.8. The molecule has 0 aromatic heterocycles. The van der Waals surface area contributed by atoms with Gasteiger partial charge in [-0.25, -0.2) is 0 Å². The fourth-order valence-electron chi connectivity index (χ4n) is 3.60. The zero-order valence-electron chi connectivity index (χ0n) is 13.8. The van der Waals surface area contributed by atoms with Crippen LogP contribution < -0.4 is 9.47 Å². The SMILES string of the molecule is C[C@@H](c1ccccc1)N1CC[C@@H](Cc2ccc3c(c2)OCO3)C1=O. The highest BCUT2D eigenvalue weighted by Gasteiger charge is 2.34. The van der Waals surface area contributed by atoms with Gasteiger partial charge < -0.3 is 14.4 Å². The second-order valence-electron chi connectivity index (χ2n) is 6.50. The third-order valence-electron chi connectivity index (χ3n) is 5.02. The van der Waals surface area contributed by atoms with E-state index < -0.39 is 0 Å². The number of benzene rings is 2. The number of fused-ring (bicyclic) bond motifs is 1. The van der Waals surface area contributed by atoms with E-state index in [1.54, 1.807) is 0 Å². The molecule has 4 nitrogen and oxygen atoms in total. The fraction of sp³-hybridized carbons (Fsp3) is 0.350. The Kier molecular flexibility index (Phi) is 3.89. The third kappa shape index (κ3) is 2.73. The van der Waals surface area contributed by atoms with Gasteiger partial charge in [0.25, 0.3) is 0 Å². The number of ether oxygens (including phenoxy) is 2. The van der Waals surface area contributed by atoms with Crippen LogP contribution in [0.25, 0.3) is 0 Å². The highest BCUT2D eigenvalue weighted by Crippen LogP contribution is 2.35. The molecule has 2 heterocycles. The summed E-state index contributed by atoms with van der Waals surface area (Å²) in [5, 5.41) is 0. The van der Waals surface area contributed by atoms with Gasteiger partial charge in [0.05, 0.1) is 6.04 Å². The van der Waals surface area contributed by atoms with E-state index in [2.05, 4.69) is 19.1 Å². The van der Waals surface area contributed by atoms with Crippen LogP contribution in [-0.2, 0) is 11.2 Å². The number of likely N-dealkylation sites (tertiary alicyclic amines) is 1. The van der Waals surface area contributed by atoms with Crippen molar-refractivity contribution in [2.24, 2.45) is 5.92 Å². The third-order valence-corrected chi connectivity index (χ3v) is 5.02. The molecule has 2 aliphatic heterocycles. The van der Waals surface area contributed by atoms with Crippen LogP contribution in [-0.4, -0.2) is 24.1 Å². The van der Waals surface area contributed by atoms with Crippen LogP contribution in [0.4, 0.5) is 0 Å². The van der Waals surface area contributed by atoms with E-state index in [1.165, 1.54) is 5.56 Å². The van der Waals surface area contributed by atoms with E-state index in [-0.39, 0.29) is 24.7 Å². The largest absolute Gasteiger partial charge is 0.454 e. The maximum atomic E-state index is 12.8. The minimum Gasteiger partial charge on any atom is -0.454 e. The van der Waals surface area contributed by atoms with Gasteiger partial charge in [-0.3, -0.25) is 4.79 Å². The number of carbonyl (C=O) groups excluding carboxylic acids is 1. The van der Waals surface area contributed by atoms with Gasteiger partial charge in [0.1, 0.15) is 0 Å². The van der Waals surface area contributed by atoms with Crippen molar-refractivity contribution in [1.29, 1.82) is 0 Å². The fourth-order valence-corrected chi connectivity index (χ4v) is 3.60. The lowest BCUT2D eigenvalue weighted by Crippen LogP contribution is -2.30. The monoisotopic (exact) mass is 323 g/mol. The van der Waals surface area contributed by atoms with E-state index in [4.69, 9.17) is 9.47 Å². The molecule has 0 saturated carbocycles. The highest BCUT2D eigenvalue weighted by atomic mass is 16.7. The molecule has 0 aliphatic carbocycles. The van der Waals surface area contributed by atoms with Crippen LogP contribution in [0, 0.1) is 5.92 Å². The second kappa shape index (κ2) is 6.19. The Morgan fingerprint density at radius 3 is 2.75 bits per heavy atom. The average Bonchev–Trinajstić information content (AvgIpc) is 3.22. The molecule has 2 aliphatic rings. The number of nitrogens with zero attached hydrogens (tertiary/aromatic N) is 1. The van der Waals surface area contributed by atoms with E-state index in [1.807, 2.05) is 41.3 Å². The van der Waals surface area contributed by atoms with Crippen molar-refractivity contribution in [2.45, 2.75) is 25.8 Å². The molecule has 2 aromatic rings. The van der Waals surface area contributed by atoms with E-state index in [0.29, 0.717) is 0 Å². The Balaban J connectivity index is 1.46. The number of hydrogen-bond acceptors (Lipinski definition) is 3. The van der Waals surface area contributed by atoms with Gasteiger partial charge in [0.15, 0.2) is 11.5 Å². The molecule has 1 fully saturated rings. The molecule has 124 valence electrons. The van der Waals surface area contributed by atoms with Crippen molar-refractivity contribution in [2.75, 3.05) is 13.3 Å². The number of rotatable bonds is 4. The maximum Gasteiger partial charge on any atom is 0.231 e. The average molecular weight is 323 g/mol. The van der Waals surface area contributed by atoms with Crippen molar-refractivity contribution >= 4 is 5.91 Å². The summed E-state index contributed by atoms with van der Waals surface area (Å²) < 4.78 is 10.8. The molecular formula is C20H21NO3. The second-order valence-corrected chi connectivity index (χ2v) is 6.50. The molecule has 0 bridgehead atoms. The standard InChI is InChI=1S/C20H21NO3/c1-14(16-5-3-2-4-6-16)21-10-9-17(20(21)22)11-15-7-8-18-19(12-15)24-13-23-18/h2-8,12,14,17H,9-11,13H2,1H3/t14-,17-/m0/s1. The van der Waals surface area contributed by atoms with Crippen LogP contribution in [0.3, 0.4) is 0 Å². The van der Waals surface area contributed by atoms with Gasteiger partial charge in [-0.05, 0) is 43.0 Å². The predicted octanol–water partition coefficient (Wildman–Crippen LogP) is 3.57. The lowest BCUT2D eigenvalue weighted by atomic mass is 9.97. The van der Waals surface area contributed by atoms with Gasteiger partial charge in [-0.2, -0.15) is 0 Å². The number of amides is 1. The molecule has 4 heteroatoms. The molecule has 0 radical (unpaired) electrons. The first-order chi connectivity index (χ1) is 11.7. The Bertz CT molecular complexity index is 744. The Hall–Kier alpha value is -2.49. The summed E-state index contributed by atoms with van der Waals surface area (Å²) in [7, 11) is 0. The normalized spacial score (nSPS) is 20.5. The molecule has 0 unspecified atom stereocenters. The lowest BCUT2D eigenvalue weighted by Gasteiger charge is -2.25. The van der Waals surface area contributed by atoms with Crippen LogP contribution in [0.5, 0.6) is 11.5 Å². The summed E-state index contributed by atoms with van der Waals surface area (Å²) in [6, 6.07) is 16.3. The van der Waals surface area contributed by atoms with Crippen LogP contribution >= 0.6 is 0 Å².